The van der Waals surface area contributed by atoms with Crippen molar-refractivity contribution in [2.24, 2.45) is 0 Å². The van der Waals surface area contributed by atoms with Crippen molar-refractivity contribution < 1.29 is 27.7 Å². The lowest BCUT2D eigenvalue weighted by molar-refractivity contribution is -0.388. The number of piperidine rings is 1. The number of likely N-dealkylation sites (tertiary alicyclic amines) is 1. The summed E-state index contributed by atoms with van der Waals surface area (Å²) in [4.78, 5) is 40.7. The van der Waals surface area contributed by atoms with E-state index in [0.717, 1.165) is 17.8 Å². The van der Waals surface area contributed by atoms with Crippen molar-refractivity contribution in [1.82, 2.24) is 9.80 Å². The second kappa shape index (κ2) is 11.9. The number of nitro benzene ring substituents is 1. The Morgan fingerprint density at radius 1 is 0.949 bits per heavy atom. The van der Waals surface area contributed by atoms with Crippen LogP contribution in [0.15, 0.2) is 36.4 Å². The van der Waals surface area contributed by atoms with Gasteiger partial charge in [0.1, 0.15) is 12.0 Å². The number of hydrogen-bond acceptors (Lipinski definition) is 6. The predicted octanol–water partition coefficient (Wildman–Crippen LogP) is 5.06. The van der Waals surface area contributed by atoms with Crippen molar-refractivity contribution in [3.05, 3.63) is 62.1 Å². The molecule has 2 aliphatic rings. The monoisotopic (exact) mass is 587 g/mol. The molecule has 2 fully saturated rings. The van der Waals surface area contributed by atoms with E-state index in [-0.39, 0.29) is 30.0 Å². The molecule has 14 heteroatoms. The highest BCUT2D eigenvalue weighted by Crippen LogP contribution is 2.38. The van der Waals surface area contributed by atoms with Crippen LogP contribution in [0.5, 0.6) is 0 Å². The maximum absolute atomic E-state index is 13.3. The normalized spacial score (nSPS) is 16.8. The molecule has 0 atom stereocenters. The van der Waals surface area contributed by atoms with Crippen LogP contribution in [0.3, 0.4) is 0 Å². The van der Waals surface area contributed by atoms with E-state index in [1.165, 1.54) is 6.07 Å². The molecule has 2 aromatic carbocycles. The van der Waals surface area contributed by atoms with Gasteiger partial charge < -0.3 is 20.0 Å². The van der Waals surface area contributed by atoms with Crippen LogP contribution in [0, 0.1) is 10.1 Å². The van der Waals surface area contributed by atoms with E-state index in [1.807, 2.05) is 6.07 Å². The first-order valence-electron chi connectivity index (χ1n) is 12.3. The number of hydrogen-bond donors (Lipinski definition) is 1. The Morgan fingerprint density at radius 2 is 1.56 bits per heavy atom. The van der Waals surface area contributed by atoms with Crippen molar-refractivity contribution in [1.29, 1.82) is 0 Å². The van der Waals surface area contributed by atoms with Crippen LogP contribution in [0.4, 0.5) is 30.2 Å². The number of nitrogens with zero attached hydrogens (tertiary/aromatic N) is 4. The van der Waals surface area contributed by atoms with Gasteiger partial charge in [0, 0.05) is 62.1 Å². The summed E-state index contributed by atoms with van der Waals surface area (Å²) in [6, 6.07) is 7.84. The second-order valence-corrected chi connectivity index (χ2v) is 10.3. The highest BCUT2D eigenvalue weighted by Gasteiger charge is 2.38. The summed E-state index contributed by atoms with van der Waals surface area (Å²) in [6.45, 7) is 2.71. The number of benzene rings is 2. The Kier molecular flexibility index (Phi) is 8.75. The molecule has 2 aliphatic heterocycles. The van der Waals surface area contributed by atoms with Crippen molar-refractivity contribution in [3.8, 4) is 0 Å². The van der Waals surface area contributed by atoms with Gasteiger partial charge >= 0.3 is 6.18 Å². The summed E-state index contributed by atoms with van der Waals surface area (Å²) in [7, 11) is 0. The number of alkyl halides is 3. The van der Waals surface area contributed by atoms with Crippen LogP contribution >= 0.6 is 23.2 Å². The van der Waals surface area contributed by atoms with Crippen molar-refractivity contribution in [2.75, 3.05) is 49.5 Å². The van der Waals surface area contributed by atoms with Crippen LogP contribution in [0.25, 0.3) is 0 Å². The lowest BCUT2D eigenvalue weighted by Crippen LogP contribution is -2.50. The van der Waals surface area contributed by atoms with Gasteiger partial charge in [0.25, 0.3) is 5.69 Å². The zero-order chi connectivity index (χ0) is 28.3. The summed E-state index contributed by atoms with van der Waals surface area (Å²) in [5.74, 6) is -0.552. The Labute approximate surface area is 232 Å². The zero-order valence-corrected chi connectivity index (χ0v) is 22.2. The maximum Gasteiger partial charge on any atom is 0.423 e. The van der Waals surface area contributed by atoms with E-state index in [1.54, 1.807) is 21.9 Å². The zero-order valence-electron chi connectivity index (χ0n) is 20.7. The largest absolute Gasteiger partial charge is 0.423 e. The average Bonchev–Trinajstić information content (AvgIpc) is 2.88. The Bertz CT molecular complexity index is 1250. The SMILES string of the molecule is O=C(CC(=O)N1CCN(c2ccc(Cl)cc2Cl)CC1)N1CCC(Nc2ccc([N+](=O)[O-])c(C(F)(F)F)c2)CC1. The number of nitro groups is 1. The molecule has 4 rings (SSSR count). The lowest BCUT2D eigenvalue weighted by Gasteiger charge is -2.37. The number of anilines is 2. The summed E-state index contributed by atoms with van der Waals surface area (Å²) < 4.78 is 39.8. The average molecular weight is 588 g/mol. The van der Waals surface area contributed by atoms with E-state index < -0.39 is 22.4 Å². The molecule has 210 valence electrons. The van der Waals surface area contributed by atoms with Gasteiger partial charge in [-0.2, -0.15) is 13.2 Å². The van der Waals surface area contributed by atoms with E-state index in [2.05, 4.69) is 10.2 Å². The molecule has 0 radical (unpaired) electrons. The fraction of sp³-hybridized carbons (Fsp3) is 0.440. The molecule has 0 spiro atoms. The van der Waals surface area contributed by atoms with Gasteiger partial charge in [-0.1, -0.05) is 23.2 Å². The summed E-state index contributed by atoms with van der Waals surface area (Å²) in [5.41, 5.74) is -1.37. The van der Waals surface area contributed by atoms with Crippen molar-refractivity contribution in [2.45, 2.75) is 31.5 Å². The number of carbonyl (C=O) groups is 2. The molecule has 2 amide bonds. The highest BCUT2D eigenvalue weighted by atomic mass is 35.5. The van der Waals surface area contributed by atoms with Crippen LogP contribution in [-0.2, 0) is 15.8 Å². The minimum Gasteiger partial charge on any atom is -0.382 e. The molecule has 9 nitrogen and oxygen atoms in total. The first-order chi connectivity index (χ1) is 18.4. The summed E-state index contributed by atoms with van der Waals surface area (Å²) in [6.07, 6.45) is -4.20. The molecule has 2 saturated heterocycles. The quantitative estimate of drug-likeness (QED) is 0.288. The van der Waals surface area contributed by atoms with Gasteiger partial charge in [0.15, 0.2) is 0 Å². The third-order valence-electron chi connectivity index (χ3n) is 6.90. The molecular weight excluding hydrogens is 562 g/mol. The number of amides is 2. The molecule has 0 aromatic heterocycles. The van der Waals surface area contributed by atoms with Crippen LogP contribution in [-0.4, -0.2) is 71.8 Å². The summed E-state index contributed by atoms with van der Waals surface area (Å²) >= 11 is 12.2. The van der Waals surface area contributed by atoms with Crippen molar-refractivity contribution >= 4 is 52.1 Å². The Morgan fingerprint density at radius 3 is 2.13 bits per heavy atom. The van der Waals surface area contributed by atoms with Crippen LogP contribution < -0.4 is 10.2 Å². The second-order valence-electron chi connectivity index (χ2n) is 9.43. The smallest absolute Gasteiger partial charge is 0.382 e. The Hall–Kier alpha value is -3.25. The van der Waals surface area contributed by atoms with Crippen molar-refractivity contribution in [3.63, 3.8) is 0 Å². The molecular formula is C25H26Cl2F3N5O4. The molecule has 0 saturated carbocycles. The third-order valence-corrected chi connectivity index (χ3v) is 7.44. The molecule has 0 unspecified atom stereocenters. The van der Waals surface area contributed by atoms with E-state index in [0.29, 0.717) is 62.2 Å². The molecule has 1 N–H and O–H groups in total. The number of carbonyl (C=O) groups excluding carboxylic acids is 2. The molecule has 2 heterocycles. The lowest BCUT2D eigenvalue weighted by atomic mass is 10.0. The van der Waals surface area contributed by atoms with Gasteiger partial charge in [-0.15, -0.1) is 0 Å². The van der Waals surface area contributed by atoms with Crippen LogP contribution in [0.2, 0.25) is 10.0 Å². The fourth-order valence-electron chi connectivity index (χ4n) is 4.81. The summed E-state index contributed by atoms with van der Waals surface area (Å²) in [5, 5.41) is 15.0. The molecule has 0 bridgehead atoms. The number of nitrogens with one attached hydrogen (secondary N) is 1. The highest BCUT2D eigenvalue weighted by molar-refractivity contribution is 6.36. The van der Waals surface area contributed by atoms with E-state index in [9.17, 15) is 32.9 Å². The van der Waals surface area contributed by atoms with E-state index in [4.69, 9.17) is 23.2 Å². The number of rotatable bonds is 6. The standard InChI is InChI=1S/C25H26Cl2F3N5O4/c26-16-1-3-22(20(27)13-16)32-9-11-34(12-10-32)24(37)15-23(36)33-7-5-17(6-8-33)31-18-2-4-21(35(38)39)19(14-18)25(28,29)30/h1-4,13-14,17,31H,5-12,15H2. The molecule has 39 heavy (non-hydrogen) atoms. The van der Waals surface area contributed by atoms with Gasteiger partial charge in [-0.25, -0.2) is 0 Å². The van der Waals surface area contributed by atoms with Gasteiger partial charge in [-0.3, -0.25) is 19.7 Å². The van der Waals surface area contributed by atoms with Gasteiger partial charge in [0.05, 0.1) is 15.6 Å². The molecule has 0 aliphatic carbocycles. The fourth-order valence-corrected chi connectivity index (χ4v) is 5.34. The third kappa shape index (κ3) is 7.04. The first-order valence-corrected chi connectivity index (χ1v) is 13.1. The van der Waals surface area contributed by atoms with E-state index >= 15 is 0 Å². The first kappa shape index (κ1) is 28.8. The molecule has 2 aromatic rings. The number of halogens is 5. The predicted molar refractivity (Wildman–Crippen MR) is 141 cm³/mol. The maximum atomic E-state index is 13.3. The Balaban J connectivity index is 1.25. The van der Waals surface area contributed by atoms with Crippen LogP contribution in [0.1, 0.15) is 24.8 Å². The minimum absolute atomic E-state index is 0.118. The topological polar surface area (TPSA) is 99.0 Å². The minimum atomic E-state index is -4.86. The van der Waals surface area contributed by atoms with Gasteiger partial charge in [0.2, 0.25) is 11.8 Å². The number of piperazine rings is 1. The van der Waals surface area contributed by atoms with Gasteiger partial charge in [-0.05, 0) is 43.2 Å².